The van der Waals surface area contributed by atoms with Crippen molar-refractivity contribution in [2.75, 3.05) is 9.80 Å². The van der Waals surface area contributed by atoms with Crippen LogP contribution in [0.1, 0.15) is 71.9 Å². The van der Waals surface area contributed by atoms with Gasteiger partial charge in [-0.15, -0.1) is 0 Å². The Morgan fingerprint density at radius 3 is 1.17 bits per heavy atom. The molecule has 0 bridgehead atoms. The molecule has 0 fully saturated rings. The van der Waals surface area contributed by atoms with Gasteiger partial charge in [0, 0.05) is 77.9 Å². The third-order valence-electron chi connectivity index (χ3n) is 22.6. The molecule has 0 amide bonds. The van der Waals surface area contributed by atoms with Crippen molar-refractivity contribution in [3.8, 4) is 78.1 Å². The smallest absolute Gasteiger partial charge is 0.252 e. The highest BCUT2D eigenvalue weighted by atomic mass is 15.2. The largest absolute Gasteiger partial charge is 0.310 e. The van der Waals surface area contributed by atoms with Gasteiger partial charge in [-0.1, -0.05) is 345 Å². The van der Waals surface area contributed by atoms with E-state index in [1.54, 1.807) is 33.4 Å². The zero-order valence-electron chi connectivity index (χ0n) is 76.0. The molecule has 111 heavy (non-hydrogen) atoms. The van der Waals surface area contributed by atoms with Gasteiger partial charge in [-0.3, -0.25) is 0 Å². The molecule has 0 saturated carbocycles. The maximum absolute atomic E-state index is 10.6. The van der Waals surface area contributed by atoms with Crippen molar-refractivity contribution >= 4 is 122 Å². The Bertz CT molecular complexity index is 7810. The van der Waals surface area contributed by atoms with Crippen LogP contribution in [-0.4, -0.2) is 15.8 Å². The molecule has 2 aliphatic heterocycles. The van der Waals surface area contributed by atoms with E-state index in [1.807, 2.05) is 84.9 Å². The molecule has 0 unspecified atom stereocenters. The van der Waals surface area contributed by atoms with Crippen LogP contribution >= 0.6 is 0 Å². The van der Waals surface area contributed by atoms with Gasteiger partial charge in [0.05, 0.1) is 52.6 Å². The van der Waals surface area contributed by atoms with Crippen molar-refractivity contribution < 1.29 is 19.2 Å². The molecule has 0 N–H and O–H groups in total. The summed E-state index contributed by atoms with van der Waals surface area (Å²) >= 11 is 0. The van der Waals surface area contributed by atoms with Crippen LogP contribution in [0.15, 0.2) is 370 Å². The number of rotatable bonds is 10. The van der Waals surface area contributed by atoms with Crippen molar-refractivity contribution in [3.05, 3.63) is 381 Å². The predicted molar refractivity (Wildman–Crippen MR) is 474 cm³/mol. The van der Waals surface area contributed by atoms with Gasteiger partial charge in [-0.25, -0.2) is 0 Å². The van der Waals surface area contributed by atoms with Crippen LogP contribution in [0.25, 0.3) is 143 Å². The molecule has 2 aromatic heterocycles. The fourth-order valence-corrected chi connectivity index (χ4v) is 17.3. The van der Waals surface area contributed by atoms with Crippen molar-refractivity contribution in [2.45, 2.75) is 52.4 Å². The third kappa shape index (κ3) is 10.7. The number of nitrogens with zero attached hydrogens (tertiary/aromatic N) is 4. The zero-order chi connectivity index (χ0) is 86.6. The Morgan fingerprint density at radius 1 is 0.270 bits per heavy atom. The molecule has 5 heteroatoms. The van der Waals surface area contributed by atoms with E-state index in [-0.39, 0.29) is 96.4 Å². The van der Waals surface area contributed by atoms with Gasteiger partial charge in [0.1, 0.15) is 0 Å². The molecule has 4 nitrogen and oxygen atoms in total. The SMILES string of the molecule is [2H]c1c([2H])c([2H])c2c(c1[2H])c1c([2H])c([2H])c(-c3ccccc3)c([2H])c1n2-c1ccc2c(c1)N(c1c(-c3ccccc3)cccc1-c1ccccc1)c1cc(C(C)(C)C)cc3c1B2c1ccc(-n2c4c([2H])c([2H])c([2H])c([2H])c4c4c([2H])c([2H])c(-c5ccccc5)c([2H])c42)cc1N3c1c(-c2cccc(C(C)(C)C)c2)cccc1-c1ccc2ccc3ccccc3c2c1. The van der Waals surface area contributed by atoms with Crippen LogP contribution in [-0.2, 0) is 10.8 Å². The van der Waals surface area contributed by atoms with Crippen LogP contribution in [0.2, 0.25) is 0 Å². The van der Waals surface area contributed by atoms with Crippen LogP contribution in [0.3, 0.4) is 0 Å². The first kappa shape index (κ1) is 52.5. The van der Waals surface area contributed by atoms with Gasteiger partial charge in [-0.2, -0.15) is 0 Å². The average Bonchev–Trinajstić information content (AvgIpc) is 0.965. The second-order valence-corrected chi connectivity index (χ2v) is 31.3. The first-order valence-electron chi connectivity index (χ1n) is 44.9. The number of benzene rings is 17. The molecular formula is C106H79BN4. The van der Waals surface area contributed by atoms with E-state index in [9.17, 15) is 19.2 Å². The van der Waals surface area contributed by atoms with Gasteiger partial charge in [0.2, 0.25) is 0 Å². The molecule has 0 radical (unpaired) electrons. The highest BCUT2D eigenvalue weighted by molar-refractivity contribution is 7.00. The van der Waals surface area contributed by atoms with Crippen LogP contribution < -0.4 is 26.2 Å². The molecule has 2 aliphatic rings. The van der Waals surface area contributed by atoms with Crippen molar-refractivity contribution in [1.82, 2.24) is 9.13 Å². The summed E-state index contributed by atoms with van der Waals surface area (Å²) in [7, 11) is 0. The molecule has 0 spiro atoms. The average molecular weight is 1430 g/mol. The van der Waals surface area contributed by atoms with E-state index in [0.29, 0.717) is 33.9 Å². The molecule has 4 heterocycles. The summed E-state index contributed by atoms with van der Waals surface area (Å²) < 4.78 is 142. The lowest BCUT2D eigenvalue weighted by atomic mass is 9.33. The summed E-state index contributed by atoms with van der Waals surface area (Å²) in [6.07, 6.45) is 0. The maximum Gasteiger partial charge on any atom is 0.252 e. The topological polar surface area (TPSA) is 16.3 Å². The Morgan fingerprint density at radius 2 is 0.676 bits per heavy atom. The fraction of sp³-hybridized carbons (Fsp3) is 0.0755. The summed E-state index contributed by atoms with van der Waals surface area (Å²) in [5.41, 5.74) is 17.6. The minimum absolute atomic E-state index is 0.00155. The number of hydrogen-bond acceptors (Lipinski definition) is 2. The molecule has 526 valence electrons. The van der Waals surface area contributed by atoms with Gasteiger partial charge in [0.15, 0.2) is 0 Å². The standard InChI is InChI=1S/C106H79BN4/c1-105(2,3)78-38-25-37-76(60-78)85-44-27-45-86(77-51-50-73-49-48-72-36-19-20-39-82(72)91(73)61-77)104(85)111-99-67-81(109-95-47-24-22-41-88(95)90-57-53-75(63-97(90)109)69-30-13-8-14-31-69)55-59-93(99)107-92-58-54-80(108-94-46-23-21-40-87(94)89-56-52-74(62-96(89)108)68-28-11-7-12-29-68)66-98(92)110(100-64-79(106(4,5)6)65-101(111)102(100)107)103-83(70-32-15-9-16-33-70)42-26-43-84(103)71-34-17-10-18-35-71/h7-67H,1-6H3/i21D,22D,23D,24D,40D,41D,46D,47D,52D,53D,56D,57D,62D,63D. The maximum atomic E-state index is 10.6. The van der Waals surface area contributed by atoms with E-state index >= 15 is 0 Å². The van der Waals surface area contributed by atoms with Crippen molar-refractivity contribution in [3.63, 3.8) is 0 Å². The predicted octanol–water partition coefficient (Wildman–Crippen LogP) is 26.9. The van der Waals surface area contributed by atoms with Crippen molar-refractivity contribution in [1.29, 1.82) is 0 Å². The van der Waals surface area contributed by atoms with Crippen LogP contribution in [0, 0.1) is 0 Å². The van der Waals surface area contributed by atoms with Gasteiger partial charge in [-0.05, 0) is 171 Å². The third-order valence-corrected chi connectivity index (χ3v) is 22.6. The number of hydrogen-bond donors (Lipinski definition) is 0. The Hall–Kier alpha value is -13.5. The summed E-state index contributed by atoms with van der Waals surface area (Å²) in [4.78, 5) is 4.79. The Balaban J connectivity index is 0.965. The Kier molecular flexibility index (Phi) is 12.1. The van der Waals surface area contributed by atoms with Gasteiger partial charge >= 0.3 is 0 Å². The zero-order valence-corrected chi connectivity index (χ0v) is 62.0. The Labute approximate surface area is 668 Å². The van der Waals surface area contributed by atoms with E-state index in [0.717, 1.165) is 116 Å². The number of anilines is 6. The van der Waals surface area contributed by atoms with Crippen LogP contribution in [0.5, 0.6) is 0 Å². The van der Waals surface area contributed by atoms with Crippen molar-refractivity contribution in [2.24, 2.45) is 0 Å². The first-order valence-corrected chi connectivity index (χ1v) is 37.9. The molecular weight excluding hydrogens is 1340 g/mol. The number of aromatic nitrogens is 2. The normalized spacial score (nSPS) is 14.5. The second-order valence-electron chi connectivity index (χ2n) is 31.3. The van der Waals surface area contributed by atoms with E-state index in [1.165, 1.54) is 0 Å². The molecule has 0 aliphatic carbocycles. The molecule has 0 atom stereocenters. The van der Waals surface area contributed by atoms with E-state index < -0.39 is 60.5 Å². The summed E-state index contributed by atoms with van der Waals surface area (Å²) in [6.45, 7) is 12.6. The second kappa shape index (κ2) is 25.6. The quantitative estimate of drug-likeness (QED) is 0.100. The monoisotopic (exact) mass is 1430 g/mol. The van der Waals surface area contributed by atoms with Crippen LogP contribution in [0.4, 0.5) is 34.1 Å². The highest BCUT2D eigenvalue weighted by Crippen LogP contribution is 2.55. The molecule has 0 saturated heterocycles. The lowest BCUT2D eigenvalue weighted by Crippen LogP contribution is -2.61. The number of para-hydroxylation sites is 4. The van der Waals surface area contributed by atoms with E-state index in [4.69, 9.17) is 0 Å². The minimum Gasteiger partial charge on any atom is -0.310 e. The first-order chi connectivity index (χ1) is 60.2. The lowest BCUT2D eigenvalue weighted by Gasteiger charge is -2.46. The molecule has 21 rings (SSSR count). The van der Waals surface area contributed by atoms with E-state index in [2.05, 4.69) is 227 Å². The number of fused-ring (bicyclic) bond motifs is 13. The lowest BCUT2D eigenvalue weighted by molar-refractivity contribution is 0.590. The van der Waals surface area contributed by atoms with Gasteiger partial charge < -0.3 is 18.9 Å². The van der Waals surface area contributed by atoms with Gasteiger partial charge in [0.25, 0.3) is 6.71 Å². The summed E-state index contributed by atoms with van der Waals surface area (Å²) in [5, 5.41) is 4.36. The summed E-state index contributed by atoms with van der Waals surface area (Å²) in [5.74, 6) is 0. The highest BCUT2D eigenvalue weighted by Gasteiger charge is 2.46. The summed E-state index contributed by atoms with van der Waals surface area (Å²) in [6, 6.07) is 91.7. The molecule has 17 aromatic carbocycles. The minimum atomic E-state index is -0.735. The molecule has 19 aromatic rings. The fourth-order valence-electron chi connectivity index (χ4n) is 17.3.